The van der Waals surface area contributed by atoms with Crippen LogP contribution in [0.3, 0.4) is 0 Å². The van der Waals surface area contributed by atoms with Gasteiger partial charge in [-0.1, -0.05) is 139 Å². The van der Waals surface area contributed by atoms with Gasteiger partial charge in [0.05, 0.1) is 12.0 Å². The van der Waals surface area contributed by atoms with Crippen LogP contribution in [0.15, 0.2) is 48.5 Å². The van der Waals surface area contributed by atoms with Crippen molar-refractivity contribution in [3.63, 3.8) is 0 Å². The summed E-state index contributed by atoms with van der Waals surface area (Å²) in [7, 11) is 0. The van der Waals surface area contributed by atoms with Gasteiger partial charge in [0, 0.05) is 0 Å². The first-order valence-electron chi connectivity index (χ1n) is 15.3. The lowest BCUT2D eigenvalue weighted by atomic mass is 9.77. The lowest BCUT2D eigenvalue weighted by Crippen LogP contribution is -2.16. The Bertz CT molecular complexity index is 864. The Balaban J connectivity index is 1.37. The van der Waals surface area contributed by atoms with Gasteiger partial charge in [0.15, 0.2) is 0 Å². The van der Waals surface area contributed by atoms with Gasteiger partial charge < -0.3 is 0 Å². The average Bonchev–Trinajstić information content (AvgIpc) is 2.92. The van der Waals surface area contributed by atoms with Crippen molar-refractivity contribution in [1.29, 1.82) is 5.26 Å². The van der Waals surface area contributed by atoms with E-state index in [-0.39, 0.29) is 5.92 Å². The lowest BCUT2D eigenvalue weighted by molar-refractivity contribution is 0.241. The molecule has 1 saturated carbocycles. The molecule has 1 unspecified atom stereocenters. The zero-order valence-electron chi connectivity index (χ0n) is 23.3. The van der Waals surface area contributed by atoms with E-state index in [1.165, 1.54) is 119 Å². The first kappa shape index (κ1) is 28.5. The van der Waals surface area contributed by atoms with Crippen LogP contribution in [0.5, 0.6) is 0 Å². The fourth-order valence-corrected chi connectivity index (χ4v) is 6.06. The number of hydrogen-bond acceptors (Lipinski definition) is 1. The van der Waals surface area contributed by atoms with Crippen molar-refractivity contribution in [1.82, 2.24) is 0 Å². The van der Waals surface area contributed by atoms with Crippen molar-refractivity contribution in [2.24, 2.45) is 17.8 Å². The number of aryl methyl sites for hydroxylation is 1. The molecular weight excluding hydrogens is 434 g/mol. The minimum atomic E-state index is 0.148. The van der Waals surface area contributed by atoms with Gasteiger partial charge in [0.25, 0.3) is 0 Å². The third-order valence-electron chi connectivity index (χ3n) is 8.58. The Morgan fingerprint density at radius 3 is 1.78 bits per heavy atom. The Labute approximate surface area is 222 Å². The van der Waals surface area contributed by atoms with E-state index >= 15 is 0 Å². The molecule has 196 valence electrons. The van der Waals surface area contributed by atoms with Crippen molar-refractivity contribution in [3.8, 4) is 17.2 Å². The first-order chi connectivity index (χ1) is 17.7. The van der Waals surface area contributed by atoms with Gasteiger partial charge in [-0.05, 0) is 66.2 Å². The predicted octanol–water partition coefficient (Wildman–Crippen LogP) is 10.7. The predicted molar refractivity (Wildman–Crippen MR) is 156 cm³/mol. The fraction of sp³-hybridized carbons (Fsp3) is 0.629. The molecule has 36 heavy (non-hydrogen) atoms. The highest BCUT2D eigenvalue weighted by molar-refractivity contribution is 5.64. The number of unbranched alkanes of at least 4 members (excludes halogenated alkanes) is 6. The highest BCUT2D eigenvalue weighted by Crippen LogP contribution is 2.35. The van der Waals surface area contributed by atoms with Gasteiger partial charge in [0.1, 0.15) is 0 Å². The molecule has 3 rings (SSSR count). The minimum absolute atomic E-state index is 0.148. The van der Waals surface area contributed by atoms with Crippen molar-refractivity contribution >= 4 is 0 Å². The van der Waals surface area contributed by atoms with Crippen LogP contribution in [-0.4, -0.2) is 0 Å². The van der Waals surface area contributed by atoms with Crippen LogP contribution in [0.25, 0.3) is 11.1 Å². The molecule has 1 aliphatic rings. The average molecular weight is 486 g/mol. The summed E-state index contributed by atoms with van der Waals surface area (Å²) in [5, 5.41) is 9.80. The first-order valence-corrected chi connectivity index (χ1v) is 15.3. The third-order valence-corrected chi connectivity index (χ3v) is 8.58. The molecule has 0 aromatic heterocycles. The van der Waals surface area contributed by atoms with Crippen molar-refractivity contribution in [2.75, 3.05) is 0 Å². The van der Waals surface area contributed by atoms with Crippen LogP contribution in [0, 0.1) is 29.1 Å². The maximum Gasteiger partial charge on any atom is 0.0659 e. The van der Waals surface area contributed by atoms with E-state index in [0.29, 0.717) is 0 Å². The maximum absolute atomic E-state index is 9.80. The Morgan fingerprint density at radius 2 is 1.19 bits per heavy atom. The topological polar surface area (TPSA) is 23.8 Å². The minimum Gasteiger partial charge on any atom is -0.198 e. The SMILES string of the molecule is CCCCCCC[C@H]1CC[C@H](CCC(C#N)Cc2ccc(-c3ccc(CCCCC)cc3)cc2)CC1. The van der Waals surface area contributed by atoms with Gasteiger partial charge in [0.2, 0.25) is 0 Å². The largest absolute Gasteiger partial charge is 0.198 e. The molecule has 1 nitrogen and oxygen atoms in total. The smallest absolute Gasteiger partial charge is 0.0659 e. The summed E-state index contributed by atoms with van der Waals surface area (Å²) < 4.78 is 0. The summed E-state index contributed by atoms with van der Waals surface area (Å²) in [5.74, 6) is 1.98. The van der Waals surface area contributed by atoms with Crippen LogP contribution < -0.4 is 0 Å². The van der Waals surface area contributed by atoms with Crippen molar-refractivity contribution in [2.45, 2.75) is 123 Å². The molecule has 0 spiro atoms. The van der Waals surface area contributed by atoms with Crippen LogP contribution in [0.2, 0.25) is 0 Å². The Morgan fingerprint density at radius 1 is 0.667 bits per heavy atom. The van der Waals surface area contributed by atoms with E-state index in [2.05, 4.69) is 68.4 Å². The summed E-state index contributed by atoms with van der Waals surface area (Å²) in [6.07, 6.45) is 22.4. The van der Waals surface area contributed by atoms with E-state index in [1.54, 1.807) is 0 Å². The van der Waals surface area contributed by atoms with Gasteiger partial charge in [-0.3, -0.25) is 0 Å². The van der Waals surface area contributed by atoms with Crippen molar-refractivity contribution in [3.05, 3.63) is 59.7 Å². The zero-order valence-corrected chi connectivity index (χ0v) is 23.3. The van der Waals surface area contributed by atoms with Crippen molar-refractivity contribution < 1.29 is 0 Å². The summed E-state index contributed by atoms with van der Waals surface area (Å²) >= 11 is 0. The molecule has 0 bridgehead atoms. The van der Waals surface area contributed by atoms with Gasteiger partial charge in [-0.25, -0.2) is 0 Å². The summed E-state index contributed by atoms with van der Waals surface area (Å²) in [5.41, 5.74) is 5.30. The second kappa shape index (κ2) is 16.6. The zero-order chi connectivity index (χ0) is 25.4. The second-order valence-electron chi connectivity index (χ2n) is 11.5. The molecule has 0 N–H and O–H groups in total. The van der Waals surface area contributed by atoms with Gasteiger partial charge >= 0.3 is 0 Å². The maximum atomic E-state index is 9.80. The van der Waals surface area contributed by atoms with Gasteiger partial charge in [-0.2, -0.15) is 5.26 Å². The number of rotatable bonds is 16. The molecule has 2 aromatic rings. The van der Waals surface area contributed by atoms with E-state index in [1.807, 2.05) is 0 Å². The molecule has 1 atom stereocenters. The molecular formula is C35H51N. The highest BCUT2D eigenvalue weighted by Gasteiger charge is 2.22. The number of nitrogens with zero attached hydrogens (tertiary/aromatic N) is 1. The summed E-state index contributed by atoms with van der Waals surface area (Å²) in [6, 6.07) is 20.6. The molecule has 0 radical (unpaired) electrons. The second-order valence-corrected chi connectivity index (χ2v) is 11.5. The summed E-state index contributed by atoms with van der Waals surface area (Å²) in [4.78, 5) is 0. The third kappa shape index (κ3) is 10.1. The molecule has 0 amide bonds. The molecule has 1 heteroatoms. The normalized spacial score (nSPS) is 18.6. The highest BCUT2D eigenvalue weighted by atomic mass is 14.3. The van der Waals surface area contributed by atoms with Crippen LogP contribution in [0.4, 0.5) is 0 Å². The van der Waals surface area contributed by atoms with Crippen LogP contribution in [-0.2, 0) is 12.8 Å². The molecule has 1 fully saturated rings. The molecule has 0 saturated heterocycles. The number of nitriles is 1. The Kier molecular flexibility index (Phi) is 13.2. The van der Waals surface area contributed by atoms with E-state index in [9.17, 15) is 5.26 Å². The standard InChI is InChI=1S/C35H51N/c1-3-5-7-8-10-12-29-13-15-31(16-14-29)17-18-33(28-36)27-32-21-25-35(26-22-32)34-23-19-30(20-24-34)11-9-6-4-2/h19-26,29,31,33H,3-18,27H2,1-2H3/t29-,31-,33?. The van der Waals surface area contributed by atoms with E-state index in [0.717, 1.165) is 24.7 Å². The van der Waals surface area contributed by atoms with Crippen LogP contribution >= 0.6 is 0 Å². The molecule has 0 heterocycles. The van der Waals surface area contributed by atoms with E-state index in [4.69, 9.17) is 0 Å². The van der Waals surface area contributed by atoms with E-state index < -0.39 is 0 Å². The number of benzene rings is 2. The van der Waals surface area contributed by atoms with Crippen LogP contribution in [0.1, 0.15) is 121 Å². The fourth-order valence-electron chi connectivity index (χ4n) is 6.06. The summed E-state index contributed by atoms with van der Waals surface area (Å²) in [6.45, 7) is 4.55. The molecule has 2 aromatic carbocycles. The molecule has 1 aliphatic carbocycles. The number of hydrogen-bond donors (Lipinski definition) is 0. The van der Waals surface area contributed by atoms with Gasteiger partial charge in [-0.15, -0.1) is 0 Å². The Hall–Kier alpha value is -2.07. The quantitative estimate of drug-likeness (QED) is 0.217. The molecule has 0 aliphatic heterocycles. The lowest BCUT2D eigenvalue weighted by Gasteiger charge is -2.29. The monoisotopic (exact) mass is 485 g/mol.